The van der Waals surface area contributed by atoms with Crippen molar-refractivity contribution >= 4 is 11.3 Å². The standard InChI is InChI=1S/C17H29NS/c1-4-5-6-14-8-10-15(11-9-14)17(18-3)16-12-7-13(2)19-16/h7,12,14-15,17-18H,4-6,8-11H2,1-3H3. The summed E-state index contributed by atoms with van der Waals surface area (Å²) in [6.07, 6.45) is 9.97. The quantitative estimate of drug-likeness (QED) is 0.743. The van der Waals surface area contributed by atoms with E-state index in [0.717, 1.165) is 11.8 Å². The van der Waals surface area contributed by atoms with Crippen LogP contribution in [-0.2, 0) is 0 Å². The van der Waals surface area contributed by atoms with Gasteiger partial charge >= 0.3 is 0 Å². The van der Waals surface area contributed by atoms with Crippen LogP contribution in [0.2, 0.25) is 0 Å². The monoisotopic (exact) mass is 279 g/mol. The molecule has 0 saturated heterocycles. The molecule has 1 atom stereocenters. The van der Waals surface area contributed by atoms with Crippen molar-refractivity contribution in [2.24, 2.45) is 11.8 Å². The van der Waals surface area contributed by atoms with Crippen molar-refractivity contribution in [3.05, 3.63) is 21.9 Å². The molecule has 0 spiro atoms. The summed E-state index contributed by atoms with van der Waals surface area (Å²) in [5.41, 5.74) is 0. The first kappa shape index (κ1) is 15.1. The molecule has 1 unspecified atom stereocenters. The van der Waals surface area contributed by atoms with E-state index in [1.165, 1.54) is 54.7 Å². The second-order valence-corrected chi connectivity index (χ2v) is 7.46. The van der Waals surface area contributed by atoms with Gasteiger partial charge in [-0.1, -0.05) is 39.0 Å². The second kappa shape index (κ2) is 7.44. The Bertz CT molecular complexity index is 363. The van der Waals surface area contributed by atoms with E-state index >= 15 is 0 Å². The highest BCUT2D eigenvalue weighted by atomic mass is 32.1. The van der Waals surface area contributed by atoms with Gasteiger partial charge in [-0.15, -0.1) is 11.3 Å². The minimum Gasteiger partial charge on any atom is -0.312 e. The van der Waals surface area contributed by atoms with Gasteiger partial charge in [0.2, 0.25) is 0 Å². The van der Waals surface area contributed by atoms with Crippen LogP contribution in [0.1, 0.15) is 67.7 Å². The molecule has 108 valence electrons. The topological polar surface area (TPSA) is 12.0 Å². The van der Waals surface area contributed by atoms with Gasteiger partial charge in [-0.25, -0.2) is 0 Å². The molecule has 1 N–H and O–H groups in total. The molecule has 0 radical (unpaired) electrons. The van der Waals surface area contributed by atoms with Crippen molar-refractivity contribution in [3.63, 3.8) is 0 Å². The normalized spacial score (nSPS) is 25.4. The zero-order valence-electron chi connectivity index (χ0n) is 12.7. The summed E-state index contributed by atoms with van der Waals surface area (Å²) in [6.45, 7) is 4.52. The molecule has 1 fully saturated rings. The molecule has 0 aromatic carbocycles. The SMILES string of the molecule is CCCCC1CCC(C(NC)c2ccc(C)s2)CC1. The molecule has 2 rings (SSSR count). The molecule has 1 nitrogen and oxygen atoms in total. The first-order chi connectivity index (χ1) is 9.24. The van der Waals surface area contributed by atoms with Gasteiger partial charge < -0.3 is 5.32 Å². The summed E-state index contributed by atoms with van der Waals surface area (Å²) in [4.78, 5) is 2.98. The van der Waals surface area contributed by atoms with Gasteiger partial charge in [0, 0.05) is 15.8 Å². The maximum absolute atomic E-state index is 3.57. The molecule has 2 heteroatoms. The largest absolute Gasteiger partial charge is 0.312 e. The van der Waals surface area contributed by atoms with Gasteiger partial charge in [-0.3, -0.25) is 0 Å². The predicted octanol–water partition coefficient (Wildman–Crippen LogP) is 5.31. The third-order valence-electron chi connectivity index (χ3n) is 4.71. The van der Waals surface area contributed by atoms with Crippen molar-refractivity contribution in [1.82, 2.24) is 5.32 Å². The maximum Gasteiger partial charge on any atom is 0.0441 e. The van der Waals surface area contributed by atoms with Crippen LogP contribution in [0.25, 0.3) is 0 Å². The fraction of sp³-hybridized carbons (Fsp3) is 0.765. The molecule has 1 aromatic rings. The van der Waals surface area contributed by atoms with Crippen molar-refractivity contribution in [3.8, 4) is 0 Å². The molecular formula is C17H29NS. The third kappa shape index (κ3) is 4.06. The Morgan fingerprint density at radius 1 is 1.26 bits per heavy atom. The van der Waals surface area contributed by atoms with Crippen LogP contribution >= 0.6 is 11.3 Å². The highest BCUT2D eigenvalue weighted by molar-refractivity contribution is 7.12. The zero-order valence-corrected chi connectivity index (χ0v) is 13.6. The molecule has 0 amide bonds. The van der Waals surface area contributed by atoms with Gasteiger partial charge in [0.25, 0.3) is 0 Å². The number of hydrogen-bond donors (Lipinski definition) is 1. The lowest BCUT2D eigenvalue weighted by molar-refractivity contribution is 0.219. The van der Waals surface area contributed by atoms with Gasteiger partial charge in [-0.05, 0) is 50.8 Å². The lowest BCUT2D eigenvalue weighted by Crippen LogP contribution is -2.28. The number of rotatable bonds is 6. The number of hydrogen-bond acceptors (Lipinski definition) is 2. The summed E-state index contributed by atoms with van der Waals surface area (Å²) in [5.74, 6) is 1.86. The van der Waals surface area contributed by atoms with E-state index in [4.69, 9.17) is 0 Å². The highest BCUT2D eigenvalue weighted by Gasteiger charge is 2.28. The Kier molecular flexibility index (Phi) is 5.90. The Hall–Kier alpha value is -0.340. The van der Waals surface area contributed by atoms with E-state index < -0.39 is 0 Å². The zero-order chi connectivity index (χ0) is 13.7. The van der Waals surface area contributed by atoms with Crippen LogP contribution in [0.3, 0.4) is 0 Å². The average Bonchev–Trinajstić information content (AvgIpc) is 2.85. The summed E-state index contributed by atoms with van der Waals surface area (Å²) >= 11 is 1.97. The van der Waals surface area contributed by atoms with Crippen LogP contribution in [0, 0.1) is 18.8 Å². The lowest BCUT2D eigenvalue weighted by atomic mass is 9.76. The highest BCUT2D eigenvalue weighted by Crippen LogP contribution is 2.39. The number of nitrogens with one attached hydrogen (secondary N) is 1. The molecule has 0 aliphatic heterocycles. The first-order valence-electron chi connectivity index (χ1n) is 7.98. The van der Waals surface area contributed by atoms with Crippen LogP contribution in [-0.4, -0.2) is 7.05 Å². The van der Waals surface area contributed by atoms with Crippen molar-refractivity contribution in [2.45, 2.75) is 64.8 Å². The molecular weight excluding hydrogens is 250 g/mol. The Morgan fingerprint density at radius 2 is 2.00 bits per heavy atom. The average molecular weight is 279 g/mol. The summed E-state index contributed by atoms with van der Waals surface area (Å²) < 4.78 is 0. The van der Waals surface area contributed by atoms with Gasteiger partial charge in [0.1, 0.15) is 0 Å². The Morgan fingerprint density at radius 3 is 2.53 bits per heavy atom. The Labute approximate surface area is 122 Å². The molecule has 1 aliphatic rings. The molecule has 1 aromatic heterocycles. The van der Waals surface area contributed by atoms with Gasteiger partial charge in [-0.2, -0.15) is 0 Å². The summed E-state index contributed by atoms with van der Waals surface area (Å²) in [6, 6.07) is 5.17. The van der Waals surface area contributed by atoms with Crippen LogP contribution < -0.4 is 5.32 Å². The van der Waals surface area contributed by atoms with E-state index in [9.17, 15) is 0 Å². The lowest BCUT2D eigenvalue weighted by Gasteiger charge is -2.33. The number of unbranched alkanes of at least 4 members (excludes halogenated alkanes) is 1. The van der Waals surface area contributed by atoms with E-state index in [-0.39, 0.29) is 0 Å². The van der Waals surface area contributed by atoms with Crippen molar-refractivity contribution in [1.29, 1.82) is 0 Å². The number of aryl methyl sites for hydroxylation is 1. The fourth-order valence-corrected chi connectivity index (χ4v) is 4.62. The van der Waals surface area contributed by atoms with Crippen LogP contribution in [0.5, 0.6) is 0 Å². The van der Waals surface area contributed by atoms with Crippen molar-refractivity contribution in [2.75, 3.05) is 7.05 Å². The smallest absolute Gasteiger partial charge is 0.0441 e. The van der Waals surface area contributed by atoms with Gasteiger partial charge in [0.05, 0.1) is 0 Å². The minimum absolute atomic E-state index is 0.589. The molecule has 1 heterocycles. The van der Waals surface area contributed by atoms with Crippen molar-refractivity contribution < 1.29 is 0 Å². The second-order valence-electron chi connectivity index (χ2n) is 6.14. The van der Waals surface area contributed by atoms with Crippen LogP contribution in [0.15, 0.2) is 12.1 Å². The summed E-state index contributed by atoms with van der Waals surface area (Å²) in [7, 11) is 2.13. The summed E-state index contributed by atoms with van der Waals surface area (Å²) in [5, 5.41) is 3.57. The minimum atomic E-state index is 0.589. The Balaban J connectivity index is 1.88. The number of thiophene rings is 1. The fourth-order valence-electron chi connectivity index (χ4n) is 3.53. The van der Waals surface area contributed by atoms with Crippen LogP contribution in [0.4, 0.5) is 0 Å². The first-order valence-corrected chi connectivity index (χ1v) is 8.79. The predicted molar refractivity (Wildman–Crippen MR) is 85.8 cm³/mol. The van der Waals surface area contributed by atoms with E-state index in [0.29, 0.717) is 6.04 Å². The molecule has 1 saturated carbocycles. The van der Waals surface area contributed by atoms with E-state index in [1.54, 1.807) is 0 Å². The molecule has 19 heavy (non-hydrogen) atoms. The molecule has 1 aliphatic carbocycles. The van der Waals surface area contributed by atoms with E-state index in [1.807, 2.05) is 11.3 Å². The maximum atomic E-state index is 3.57. The van der Waals surface area contributed by atoms with E-state index in [2.05, 4.69) is 38.3 Å². The van der Waals surface area contributed by atoms with Gasteiger partial charge in [0.15, 0.2) is 0 Å². The third-order valence-corrected chi connectivity index (χ3v) is 5.79. The molecule has 0 bridgehead atoms.